The predicted molar refractivity (Wildman–Crippen MR) is 95.3 cm³/mol. The average molecular weight is 337 g/mol. The molecule has 2 amide bonds. The molecule has 3 aliphatic rings. The first-order chi connectivity index (χ1) is 12.1. The van der Waals surface area contributed by atoms with Crippen molar-refractivity contribution in [3.8, 4) is 0 Å². The summed E-state index contributed by atoms with van der Waals surface area (Å²) in [7, 11) is 1.90. The summed E-state index contributed by atoms with van der Waals surface area (Å²) >= 11 is 0. The molecule has 0 saturated carbocycles. The lowest BCUT2D eigenvalue weighted by molar-refractivity contribution is 0.0565. The van der Waals surface area contributed by atoms with E-state index in [4.69, 9.17) is 0 Å². The van der Waals surface area contributed by atoms with Crippen LogP contribution in [0.3, 0.4) is 0 Å². The summed E-state index contributed by atoms with van der Waals surface area (Å²) in [6.45, 7) is 2.11. The van der Waals surface area contributed by atoms with Gasteiger partial charge in [0.05, 0.1) is 0 Å². The highest BCUT2D eigenvalue weighted by Crippen LogP contribution is 2.30. The van der Waals surface area contributed by atoms with E-state index in [0.29, 0.717) is 18.2 Å². The molecule has 5 heteroatoms. The van der Waals surface area contributed by atoms with Gasteiger partial charge in [-0.25, -0.2) is 0 Å². The normalized spacial score (nSPS) is 22.8. The van der Waals surface area contributed by atoms with Crippen molar-refractivity contribution in [2.75, 3.05) is 19.6 Å². The summed E-state index contributed by atoms with van der Waals surface area (Å²) in [6, 6.07) is 13.3. The van der Waals surface area contributed by atoms with Crippen molar-refractivity contribution in [1.29, 1.82) is 0 Å². The maximum Gasteiger partial charge on any atom is 0.270 e. The van der Waals surface area contributed by atoms with E-state index in [1.807, 2.05) is 70.1 Å². The molecule has 130 valence electrons. The van der Waals surface area contributed by atoms with Crippen molar-refractivity contribution in [3.05, 3.63) is 59.9 Å². The maximum atomic E-state index is 13.0. The Kier molecular flexibility index (Phi) is 4.07. The second-order valence-electron chi connectivity index (χ2n) is 7.14. The van der Waals surface area contributed by atoms with Gasteiger partial charge in [0, 0.05) is 44.5 Å². The van der Waals surface area contributed by atoms with Gasteiger partial charge in [-0.3, -0.25) is 9.59 Å². The first-order valence-corrected chi connectivity index (χ1v) is 8.90. The second-order valence-corrected chi connectivity index (χ2v) is 7.14. The van der Waals surface area contributed by atoms with Gasteiger partial charge < -0.3 is 14.4 Å². The number of nitrogens with zero attached hydrogens (tertiary/aromatic N) is 3. The molecule has 0 spiro atoms. The Balaban J connectivity index is 1.56. The maximum absolute atomic E-state index is 13.0. The topological polar surface area (TPSA) is 45.6 Å². The fourth-order valence-electron chi connectivity index (χ4n) is 4.09. The number of aryl methyl sites for hydroxylation is 1. The summed E-state index contributed by atoms with van der Waals surface area (Å²) < 4.78 is 1.87. The van der Waals surface area contributed by atoms with Crippen molar-refractivity contribution < 1.29 is 9.59 Å². The number of rotatable bonds is 2. The Bertz CT molecular complexity index is 783. The zero-order chi connectivity index (χ0) is 17.4. The Labute approximate surface area is 147 Å². The number of benzene rings is 1. The molecule has 3 aliphatic heterocycles. The summed E-state index contributed by atoms with van der Waals surface area (Å²) in [5.74, 6) is 0.512. The number of hydrogen-bond donors (Lipinski definition) is 0. The summed E-state index contributed by atoms with van der Waals surface area (Å²) in [5.41, 5.74) is 1.44. The van der Waals surface area contributed by atoms with Gasteiger partial charge in [-0.2, -0.15) is 0 Å². The van der Waals surface area contributed by atoms with E-state index in [9.17, 15) is 9.59 Å². The smallest absolute Gasteiger partial charge is 0.270 e. The molecule has 3 saturated heterocycles. The molecule has 1 aromatic carbocycles. The SMILES string of the molecule is Cn1cccc1C(=O)N1C[C@H]2CC[C@@H]1CN(C(=O)c1ccccc1)C2. The molecule has 0 unspecified atom stereocenters. The minimum absolute atomic E-state index is 0.0747. The van der Waals surface area contributed by atoms with E-state index < -0.39 is 0 Å². The van der Waals surface area contributed by atoms with Crippen molar-refractivity contribution in [3.63, 3.8) is 0 Å². The van der Waals surface area contributed by atoms with Crippen LogP contribution >= 0.6 is 0 Å². The molecular formula is C20H23N3O2. The molecular weight excluding hydrogens is 314 g/mol. The van der Waals surface area contributed by atoms with Gasteiger partial charge in [0.1, 0.15) is 5.69 Å². The summed E-state index contributed by atoms with van der Waals surface area (Å²) in [6.07, 6.45) is 3.95. The highest BCUT2D eigenvalue weighted by atomic mass is 16.2. The standard InChI is InChI=1S/C20H23N3O2/c1-21-11-5-8-18(21)20(25)23-13-15-9-10-17(23)14-22(12-15)19(24)16-6-3-2-4-7-16/h2-8,11,15,17H,9-10,12-14H2,1H3/t15-,17+/m0/s1. The Morgan fingerprint density at radius 1 is 0.920 bits per heavy atom. The van der Waals surface area contributed by atoms with Crippen LogP contribution in [0, 0.1) is 5.92 Å². The molecule has 2 atom stereocenters. The minimum atomic E-state index is 0.0747. The van der Waals surface area contributed by atoms with Crippen LogP contribution in [-0.4, -0.2) is 51.9 Å². The number of carbonyl (C=O) groups excluding carboxylic acids is 2. The fourth-order valence-corrected chi connectivity index (χ4v) is 4.09. The third-order valence-electron chi connectivity index (χ3n) is 5.45. The van der Waals surface area contributed by atoms with Crippen molar-refractivity contribution in [2.45, 2.75) is 18.9 Å². The van der Waals surface area contributed by atoms with Gasteiger partial charge in [0.15, 0.2) is 0 Å². The number of aromatic nitrogens is 1. The number of piperidine rings is 1. The lowest BCUT2D eigenvalue weighted by Gasteiger charge is -2.36. The Hall–Kier alpha value is -2.56. The lowest BCUT2D eigenvalue weighted by atomic mass is 9.94. The third-order valence-corrected chi connectivity index (χ3v) is 5.45. The van der Waals surface area contributed by atoms with E-state index in [-0.39, 0.29) is 17.9 Å². The molecule has 0 N–H and O–H groups in total. The average Bonchev–Trinajstić information content (AvgIpc) is 2.87. The van der Waals surface area contributed by atoms with Gasteiger partial charge in [-0.1, -0.05) is 18.2 Å². The zero-order valence-electron chi connectivity index (χ0n) is 14.5. The Morgan fingerprint density at radius 3 is 2.44 bits per heavy atom. The number of fused-ring (bicyclic) bond motifs is 4. The molecule has 5 nitrogen and oxygen atoms in total. The van der Waals surface area contributed by atoms with Crippen LogP contribution in [0.2, 0.25) is 0 Å². The zero-order valence-corrected chi connectivity index (χ0v) is 14.5. The molecule has 0 aliphatic carbocycles. The van der Waals surface area contributed by atoms with Crippen molar-refractivity contribution in [2.24, 2.45) is 13.0 Å². The van der Waals surface area contributed by atoms with Gasteiger partial charge >= 0.3 is 0 Å². The first-order valence-electron chi connectivity index (χ1n) is 8.90. The summed E-state index contributed by atoms with van der Waals surface area (Å²) in [4.78, 5) is 29.7. The predicted octanol–water partition coefficient (Wildman–Crippen LogP) is 2.40. The van der Waals surface area contributed by atoms with E-state index in [1.54, 1.807) is 0 Å². The molecule has 2 bridgehead atoms. The third kappa shape index (κ3) is 2.95. The van der Waals surface area contributed by atoms with Gasteiger partial charge in [0.25, 0.3) is 11.8 Å². The van der Waals surface area contributed by atoms with Gasteiger partial charge in [0.2, 0.25) is 0 Å². The van der Waals surface area contributed by atoms with Crippen LogP contribution in [0.1, 0.15) is 33.7 Å². The molecule has 0 radical (unpaired) electrons. The number of hydrogen-bond acceptors (Lipinski definition) is 2. The molecule has 3 fully saturated rings. The van der Waals surface area contributed by atoms with E-state index in [2.05, 4.69) is 0 Å². The lowest BCUT2D eigenvalue weighted by Crippen LogP contribution is -2.48. The van der Waals surface area contributed by atoms with Crippen LogP contribution < -0.4 is 0 Å². The summed E-state index contributed by atoms with van der Waals surface area (Å²) in [5, 5.41) is 0. The number of amides is 2. The quantitative estimate of drug-likeness (QED) is 0.845. The van der Waals surface area contributed by atoms with Crippen LogP contribution in [0.15, 0.2) is 48.7 Å². The second kappa shape index (κ2) is 6.39. The van der Waals surface area contributed by atoms with Crippen molar-refractivity contribution in [1.82, 2.24) is 14.4 Å². The monoisotopic (exact) mass is 337 g/mol. The first kappa shape index (κ1) is 15.9. The molecule has 5 rings (SSSR count). The molecule has 4 heterocycles. The number of carbonyl (C=O) groups is 2. The van der Waals surface area contributed by atoms with Crippen LogP contribution in [-0.2, 0) is 7.05 Å². The van der Waals surface area contributed by atoms with Crippen LogP contribution in [0.25, 0.3) is 0 Å². The minimum Gasteiger partial charge on any atom is -0.347 e. The van der Waals surface area contributed by atoms with E-state index in [1.165, 1.54) is 0 Å². The van der Waals surface area contributed by atoms with E-state index >= 15 is 0 Å². The van der Waals surface area contributed by atoms with Gasteiger partial charge in [-0.05, 0) is 43.0 Å². The Morgan fingerprint density at radius 2 is 1.72 bits per heavy atom. The van der Waals surface area contributed by atoms with Crippen molar-refractivity contribution >= 4 is 11.8 Å². The fraction of sp³-hybridized carbons (Fsp3) is 0.400. The van der Waals surface area contributed by atoms with Crippen LogP contribution in [0.4, 0.5) is 0 Å². The largest absolute Gasteiger partial charge is 0.347 e. The molecule has 25 heavy (non-hydrogen) atoms. The molecule has 1 aromatic heterocycles. The molecule has 2 aromatic rings. The van der Waals surface area contributed by atoms with Crippen LogP contribution in [0.5, 0.6) is 0 Å². The van der Waals surface area contributed by atoms with E-state index in [0.717, 1.165) is 31.5 Å². The highest BCUT2D eigenvalue weighted by Gasteiger charge is 2.39. The van der Waals surface area contributed by atoms with Gasteiger partial charge in [-0.15, -0.1) is 0 Å². The highest BCUT2D eigenvalue weighted by molar-refractivity contribution is 5.95.